The van der Waals surface area contributed by atoms with Crippen LogP contribution in [0.3, 0.4) is 0 Å². The van der Waals surface area contributed by atoms with Gasteiger partial charge < -0.3 is 15.1 Å². The third-order valence-electron chi connectivity index (χ3n) is 4.96. The number of hydrogen-bond donors (Lipinski definition) is 2. The molecular weight excluding hydrogens is 368 g/mol. The number of anilines is 2. The normalized spacial score (nSPS) is 16.0. The number of nitrogens with zero attached hydrogens (tertiary/aromatic N) is 2. The Hall–Kier alpha value is -2.64. The zero-order valence-corrected chi connectivity index (χ0v) is 15.8. The molecule has 2 N–H and O–H groups in total. The van der Waals surface area contributed by atoms with Gasteiger partial charge in [0, 0.05) is 6.07 Å². The predicted molar refractivity (Wildman–Crippen MR) is 106 cm³/mol. The molecule has 1 atom stereocenters. The zero-order chi connectivity index (χ0) is 19.4. The SMILES string of the molecule is C[C@@H](C(=O)Nc1ccccc1[N+](=O)[O-])[NH+]1CCN(c2ccccc2Cl)CC1. The minimum absolute atomic E-state index is 0.100. The lowest BCUT2D eigenvalue weighted by Gasteiger charge is -2.36. The highest BCUT2D eigenvalue weighted by Crippen LogP contribution is 2.25. The maximum absolute atomic E-state index is 12.6. The largest absolute Gasteiger partial charge is 0.359 e. The molecule has 0 radical (unpaired) electrons. The lowest BCUT2D eigenvalue weighted by molar-refractivity contribution is -0.914. The summed E-state index contributed by atoms with van der Waals surface area (Å²) in [5.74, 6) is -0.217. The molecule has 1 heterocycles. The Balaban J connectivity index is 1.61. The molecule has 0 bridgehead atoms. The summed E-state index contributed by atoms with van der Waals surface area (Å²) in [4.78, 5) is 26.6. The van der Waals surface area contributed by atoms with Gasteiger partial charge in [0.2, 0.25) is 0 Å². The third-order valence-corrected chi connectivity index (χ3v) is 5.28. The number of quaternary nitrogens is 1. The van der Waals surface area contributed by atoms with Gasteiger partial charge in [-0.05, 0) is 25.1 Å². The van der Waals surface area contributed by atoms with Crippen LogP contribution in [-0.4, -0.2) is 43.1 Å². The van der Waals surface area contributed by atoms with Gasteiger partial charge in [0.05, 0.1) is 41.8 Å². The highest BCUT2D eigenvalue weighted by Gasteiger charge is 2.30. The van der Waals surface area contributed by atoms with E-state index in [2.05, 4.69) is 10.2 Å². The second kappa shape index (κ2) is 8.37. The fourth-order valence-corrected chi connectivity index (χ4v) is 3.60. The van der Waals surface area contributed by atoms with Crippen LogP contribution in [0.2, 0.25) is 5.02 Å². The van der Waals surface area contributed by atoms with Crippen LogP contribution in [0, 0.1) is 10.1 Å². The van der Waals surface area contributed by atoms with E-state index >= 15 is 0 Å². The number of nitrogens with one attached hydrogen (secondary N) is 2. The number of para-hydroxylation sites is 3. The van der Waals surface area contributed by atoms with Crippen LogP contribution < -0.4 is 15.1 Å². The first kappa shape index (κ1) is 19.1. The summed E-state index contributed by atoms with van der Waals surface area (Å²) in [6, 6.07) is 13.6. The van der Waals surface area contributed by atoms with E-state index in [1.807, 2.05) is 31.2 Å². The molecule has 3 rings (SSSR count). The number of carbonyl (C=O) groups is 1. The van der Waals surface area contributed by atoms with Crippen LogP contribution in [-0.2, 0) is 4.79 Å². The van der Waals surface area contributed by atoms with E-state index in [0.717, 1.165) is 41.8 Å². The molecule has 7 nitrogen and oxygen atoms in total. The maximum Gasteiger partial charge on any atom is 0.292 e. The molecule has 1 saturated heterocycles. The number of rotatable bonds is 5. The standard InChI is InChI=1S/C19H21ClN4O3/c1-14(19(25)21-16-7-3-5-9-18(16)24(26)27)22-10-12-23(13-11-22)17-8-4-2-6-15(17)20/h2-9,14H,10-13H2,1H3,(H,21,25)/p+1/t14-/m0/s1. The molecule has 1 aliphatic heterocycles. The lowest BCUT2D eigenvalue weighted by Crippen LogP contribution is -3.19. The first-order valence-corrected chi connectivity index (χ1v) is 9.23. The maximum atomic E-state index is 12.6. The Morgan fingerprint density at radius 2 is 1.81 bits per heavy atom. The van der Waals surface area contributed by atoms with Crippen molar-refractivity contribution >= 4 is 34.6 Å². The van der Waals surface area contributed by atoms with Gasteiger partial charge >= 0.3 is 0 Å². The van der Waals surface area contributed by atoms with Crippen molar-refractivity contribution in [2.75, 3.05) is 36.4 Å². The Morgan fingerprint density at radius 3 is 2.48 bits per heavy atom. The number of nitro groups is 1. The first-order valence-electron chi connectivity index (χ1n) is 8.85. The topological polar surface area (TPSA) is 79.9 Å². The fourth-order valence-electron chi connectivity index (χ4n) is 3.34. The Bertz CT molecular complexity index is 837. The zero-order valence-electron chi connectivity index (χ0n) is 15.0. The molecule has 142 valence electrons. The van der Waals surface area contributed by atoms with Crippen LogP contribution in [0.5, 0.6) is 0 Å². The number of nitro benzene ring substituents is 1. The van der Waals surface area contributed by atoms with E-state index in [1.165, 1.54) is 6.07 Å². The molecule has 0 aromatic heterocycles. The van der Waals surface area contributed by atoms with Crippen LogP contribution >= 0.6 is 11.6 Å². The predicted octanol–water partition coefficient (Wildman–Crippen LogP) is 1.98. The van der Waals surface area contributed by atoms with E-state index in [9.17, 15) is 14.9 Å². The summed E-state index contributed by atoms with van der Waals surface area (Å²) in [7, 11) is 0. The summed E-state index contributed by atoms with van der Waals surface area (Å²) >= 11 is 6.27. The average Bonchev–Trinajstić information content (AvgIpc) is 2.68. The average molecular weight is 390 g/mol. The molecule has 2 aromatic carbocycles. The van der Waals surface area contributed by atoms with Crippen molar-refractivity contribution in [1.82, 2.24) is 0 Å². The smallest absolute Gasteiger partial charge is 0.292 e. The second-order valence-corrected chi connectivity index (χ2v) is 6.99. The van der Waals surface area contributed by atoms with Gasteiger partial charge in [0.15, 0.2) is 6.04 Å². The minimum atomic E-state index is -0.491. The van der Waals surface area contributed by atoms with Crippen molar-refractivity contribution in [2.24, 2.45) is 0 Å². The summed E-state index contributed by atoms with van der Waals surface area (Å²) in [6.07, 6.45) is 0. The van der Waals surface area contributed by atoms with Gasteiger partial charge in [-0.3, -0.25) is 14.9 Å². The molecule has 2 aromatic rings. The molecular formula is C19H22ClN4O3+. The van der Waals surface area contributed by atoms with Gasteiger partial charge in [-0.15, -0.1) is 0 Å². The quantitative estimate of drug-likeness (QED) is 0.605. The summed E-state index contributed by atoms with van der Waals surface area (Å²) < 4.78 is 0. The molecule has 27 heavy (non-hydrogen) atoms. The number of hydrogen-bond acceptors (Lipinski definition) is 4. The molecule has 0 unspecified atom stereocenters. The van der Waals surface area contributed by atoms with Gasteiger partial charge in [0.1, 0.15) is 5.69 Å². The van der Waals surface area contributed by atoms with Crippen molar-refractivity contribution in [3.05, 3.63) is 63.7 Å². The van der Waals surface area contributed by atoms with E-state index in [1.54, 1.807) is 18.2 Å². The van der Waals surface area contributed by atoms with Gasteiger partial charge in [-0.25, -0.2) is 0 Å². The van der Waals surface area contributed by atoms with E-state index in [-0.39, 0.29) is 23.3 Å². The van der Waals surface area contributed by atoms with Gasteiger partial charge in [0.25, 0.3) is 11.6 Å². The number of benzene rings is 2. The van der Waals surface area contributed by atoms with Crippen molar-refractivity contribution in [3.63, 3.8) is 0 Å². The third kappa shape index (κ3) is 4.37. The summed E-state index contributed by atoms with van der Waals surface area (Å²) in [6.45, 7) is 5.02. The highest BCUT2D eigenvalue weighted by molar-refractivity contribution is 6.33. The van der Waals surface area contributed by atoms with E-state index in [0.29, 0.717) is 0 Å². The molecule has 0 spiro atoms. The van der Waals surface area contributed by atoms with Crippen LogP contribution in [0.25, 0.3) is 0 Å². The highest BCUT2D eigenvalue weighted by atomic mass is 35.5. The fraction of sp³-hybridized carbons (Fsp3) is 0.316. The number of piperazine rings is 1. The Kier molecular flexibility index (Phi) is 5.93. The molecule has 1 aliphatic rings. The van der Waals surface area contributed by atoms with Gasteiger partial charge in [-0.2, -0.15) is 0 Å². The van der Waals surface area contributed by atoms with E-state index < -0.39 is 4.92 Å². The lowest BCUT2D eigenvalue weighted by atomic mass is 10.2. The number of amides is 1. The van der Waals surface area contributed by atoms with Crippen LogP contribution in [0.4, 0.5) is 17.1 Å². The monoisotopic (exact) mass is 389 g/mol. The number of carbonyl (C=O) groups excluding carboxylic acids is 1. The summed E-state index contributed by atoms with van der Waals surface area (Å²) in [5, 5.41) is 14.5. The number of halogens is 1. The summed E-state index contributed by atoms with van der Waals surface area (Å²) in [5.41, 5.74) is 1.14. The molecule has 0 aliphatic carbocycles. The molecule has 1 fully saturated rings. The van der Waals surface area contributed by atoms with E-state index in [4.69, 9.17) is 11.6 Å². The van der Waals surface area contributed by atoms with Crippen molar-refractivity contribution in [1.29, 1.82) is 0 Å². The minimum Gasteiger partial charge on any atom is -0.359 e. The Labute approximate surface area is 162 Å². The first-order chi connectivity index (χ1) is 13.0. The van der Waals surface area contributed by atoms with Crippen molar-refractivity contribution in [2.45, 2.75) is 13.0 Å². The molecule has 1 amide bonds. The van der Waals surface area contributed by atoms with Crippen LogP contribution in [0.15, 0.2) is 48.5 Å². The Morgan fingerprint density at radius 1 is 1.19 bits per heavy atom. The molecule has 8 heteroatoms. The molecule has 0 saturated carbocycles. The van der Waals surface area contributed by atoms with Crippen LogP contribution in [0.1, 0.15) is 6.92 Å². The van der Waals surface area contributed by atoms with Gasteiger partial charge in [-0.1, -0.05) is 35.9 Å². The second-order valence-electron chi connectivity index (χ2n) is 6.58. The van der Waals surface area contributed by atoms with Crippen molar-refractivity contribution < 1.29 is 14.6 Å². The van der Waals surface area contributed by atoms with Crippen molar-refractivity contribution in [3.8, 4) is 0 Å².